The van der Waals surface area contributed by atoms with E-state index in [2.05, 4.69) is 37.5 Å². The highest BCUT2D eigenvalue weighted by molar-refractivity contribution is 5.99. The van der Waals surface area contributed by atoms with Crippen LogP contribution in [-0.4, -0.2) is 51.0 Å². The van der Waals surface area contributed by atoms with E-state index in [9.17, 15) is 9.90 Å². The van der Waals surface area contributed by atoms with Gasteiger partial charge in [-0.25, -0.2) is 14.4 Å². The van der Waals surface area contributed by atoms with Crippen molar-refractivity contribution in [2.24, 2.45) is 0 Å². The summed E-state index contributed by atoms with van der Waals surface area (Å²) in [6, 6.07) is 7.71. The van der Waals surface area contributed by atoms with Crippen LogP contribution in [0.1, 0.15) is 64.5 Å². The third-order valence-corrected chi connectivity index (χ3v) is 8.04. The molecule has 1 aromatic carbocycles. The van der Waals surface area contributed by atoms with Crippen LogP contribution in [0.2, 0.25) is 0 Å². The van der Waals surface area contributed by atoms with Crippen LogP contribution in [0.5, 0.6) is 0 Å². The molecule has 0 saturated heterocycles. The summed E-state index contributed by atoms with van der Waals surface area (Å²) >= 11 is 0. The second-order valence-corrected chi connectivity index (χ2v) is 11.3. The highest BCUT2D eigenvalue weighted by Gasteiger charge is 2.42. The molecule has 9 nitrogen and oxygen atoms in total. The number of carbonyl (C=O) groups excluding carboxylic acids is 1. The zero-order chi connectivity index (χ0) is 28.1. The van der Waals surface area contributed by atoms with Gasteiger partial charge in [0.2, 0.25) is 5.95 Å². The summed E-state index contributed by atoms with van der Waals surface area (Å²) in [6.07, 6.45) is 6.60. The lowest BCUT2D eigenvalue weighted by atomic mass is 9.75. The normalized spacial score (nSPS) is 23.2. The summed E-state index contributed by atoms with van der Waals surface area (Å²) in [5.74, 6) is 0.659. The minimum absolute atomic E-state index is 0.242. The van der Waals surface area contributed by atoms with Crippen molar-refractivity contribution in [3.8, 4) is 0 Å². The molecule has 0 radical (unpaired) electrons. The van der Waals surface area contributed by atoms with Crippen LogP contribution in [-0.2, 0) is 30.7 Å². The number of pyridine rings is 1. The first-order valence-corrected chi connectivity index (χ1v) is 13.7. The summed E-state index contributed by atoms with van der Waals surface area (Å²) in [5, 5.41) is 19.9. The molecule has 2 aromatic heterocycles. The number of likely N-dealkylation sites (N-methyl/N-ethyl adjacent to an activating group) is 1. The first kappa shape index (κ1) is 26.3. The van der Waals surface area contributed by atoms with Crippen molar-refractivity contribution in [3.05, 3.63) is 76.6 Å². The van der Waals surface area contributed by atoms with Gasteiger partial charge >= 0.3 is 0 Å². The van der Waals surface area contributed by atoms with Crippen LogP contribution in [0.25, 0.3) is 0 Å². The second kappa shape index (κ2) is 9.94. The fourth-order valence-corrected chi connectivity index (χ4v) is 6.29. The zero-order valence-corrected chi connectivity index (χ0v) is 22.9. The maximum absolute atomic E-state index is 15.9. The minimum Gasteiger partial charge on any atom is -0.384 e. The number of benzene rings is 1. The number of hydrogen-bond acceptors (Lipinski definition) is 8. The highest BCUT2D eigenvalue weighted by Crippen LogP contribution is 2.45. The van der Waals surface area contributed by atoms with Crippen molar-refractivity contribution in [3.63, 3.8) is 0 Å². The predicted octanol–water partition coefficient (Wildman–Crippen LogP) is 4.37. The molecule has 4 N–H and O–H groups in total. The molecule has 6 rings (SSSR count). The van der Waals surface area contributed by atoms with E-state index < -0.39 is 11.3 Å². The number of alkyl halides is 1. The van der Waals surface area contributed by atoms with E-state index in [1.54, 1.807) is 13.0 Å². The monoisotopic (exact) mass is 543 g/mol. The molecule has 3 aromatic rings. The van der Waals surface area contributed by atoms with E-state index in [1.807, 2.05) is 36.2 Å². The number of amides is 1. The van der Waals surface area contributed by atoms with Crippen LogP contribution in [0, 0.1) is 0 Å². The van der Waals surface area contributed by atoms with Crippen molar-refractivity contribution in [2.45, 2.75) is 56.8 Å². The minimum atomic E-state index is -1.31. The third kappa shape index (κ3) is 4.82. The van der Waals surface area contributed by atoms with E-state index >= 15 is 4.39 Å². The molecule has 2 atom stereocenters. The van der Waals surface area contributed by atoms with E-state index in [1.165, 1.54) is 6.20 Å². The first-order valence-electron chi connectivity index (χ1n) is 13.7. The molecule has 3 heterocycles. The molecular formula is C30H34FN7O2. The van der Waals surface area contributed by atoms with Gasteiger partial charge in [-0.15, -0.1) is 6.58 Å². The number of halogens is 1. The van der Waals surface area contributed by atoms with Gasteiger partial charge in [0.1, 0.15) is 28.5 Å². The second-order valence-electron chi connectivity index (χ2n) is 11.3. The highest BCUT2D eigenvalue weighted by atomic mass is 19.1. The van der Waals surface area contributed by atoms with Gasteiger partial charge in [0.05, 0.1) is 5.69 Å². The Labute approximate surface area is 233 Å². The van der Waals surface area contributed by atoms with Crippen LogP contribution < -0.4 is 16.0 Å². The molecule has 0 fully saturated rings. The van der Waals surface area contributed by atoms with Gasteiger partial charge < -0.3 is 21.1 Å². The van der Waals surface area contributed by atoms with Gasteiger partial charge in [-0.05, 0) is 86.5 Å². The average molecular weight is 544 g/mol. The van der Waals surface area contributed by atoms with Gasteiger partial charge in [0, 0.05) is 31.5 Å². The largest absolute Gasteiger partial charge is 0.384 e. The number of anilines is 4. The quantitative estimate of drug-likeness (QED) is 0.325. The molecule has 208 valence electrons. The fourth-order valence-electron chi connectivity index (χ4n) is 6.29. The van der Waals surface area contributed by atoms with E-state index in [0.29, 0.717) is 44.0 Å². The van der Waals surface area contributed by atoms with Gasteiger partial charge in [-0.1, -0.05) is 12.1 Å². The molecule has 1 amide bonds. The Hall–Kier alpha value is -3.89. The Morgan fingerprint density at radius 3 is 2.83 bits per heavy atom. The topological polar surface area (TPSA) is 115 Å². The van der Waals surface area contributed by atoms with Crippen LogP contribution >= 0.6 is 0 Å². The van der Waals surface area contributed by atoms with Gasteiger partial charge in [0.15, 0.2) is 0 Å². The summed E-state index contributed by atoms with van der Waals surface area (Å²) in [7, 11) is 1.95. The standard InChI is InChI=1S/C30H34FN7O2/c1-4-12-32-27(39)22-15-33-28(37-26(22)36-23-8-7-18-9-11-29(2,40)25(18)35-23)34-21-13-19-6-5-10-30(31)17-38(3)16-20(14-21)24(19)30/h4,7-8,13-15,40H,1,5-6,9-12,16-17H2,2-3H3,(H,32,39)(H2,33,34,35,36,37). The lowest BCUT2D eigenvalue weighted by molar-refractivity contribution is 0.0554. The van der Waals surface area contributed by atoms with Crippen molar-refractivity contribution in [1.29, 1.82) is 0 Å². The Bertz CT molecular complexity index is 1510. The average Bonchev–Trinajstić information content (AvgIpc) is 3.20. The van der Waals surface area contributed by atoms with Gasteiger partial charge in [-0.2, -0.15) is 4.98 Å². The lowest BCUT2D eigenvalue weighted by Crippen LogP contribution is -2.43. The van der Waals surface area contributed by atoms with Crippen molar-refractivity contribution in [2.75, 3.05) is 30.8 Å². The fraction of sp³-hybridized carbons (Fsp3) is 0.400. The number of aryl methyl sites for hydroxylation is 2. The van der Waals surface area contributed by atoms with E-state index in [0.717, 1.165) is 47.2 Å². The summed E-state index contributed by atoms with van der Waals surface area (Å²) < 4.78 is 15.9. The van der Waals surface area contributed by atoms with E-state index in [4.69, 9.17) is 0 Å². The Balaban J connectivity index is 1.34. The molecule has 10 heteroatoms. The van der Waals surface area contributed by atoms with Gasteiger partial charge in [-0.3, -0.25) is 9.69 Å². The predicted molar refractivity (Wildman–Crippen MR) is 152 cm³/mol. The number of aromatic nitrogens is 3. The molecule has 0 spiro atoms. The number of rotatable bonds is 7. The molecule has 2 unspecified atom stereocenters. The Kier molecular flexibility index (Phi) is 6.54. The van der Waals surface area contributed by atoms with Crippen LogP contribution in [0.15, 0.2) is 43.1 Å². The maximum atomic E-state index is 15.9. The molecule has 2 aliphatic carbocycles. The third-order valence-electron chi connectivity index (χ3n) is 8.04. The number of carbonyl (C=O) groups is 1. The number of aliphatic hydroxyl groups is 1. The molecule has 0 saturated carbocycles. The van der Waals surface area contributed by atoms with Crippen LogP contribution in [0.4, 0.5) is 27.7 Å². The molecule has 3 aliphatic rings. The zero-order valence-electron chi connectivity index (χ0n) is 22.9. The van der Waals surface area contributed by atoms with E-state index in [-0.39, 0.29) is 23.2 Å². The Morgan fingerprint density at radius 2 is 2.00 bits per heavy atom. The molecular weight excluding hydrogens is 509 g/mol. The van der Waals surface area contributed by atoms with Crippen molar-refractivity contribution >= 4 is 29.2 Å². The summed E-state index contributed by atoms with van der Waals surface area (Å²) in [5.41, 5.74) is 3.17. The smallest absolute Gasteiger partial charge is 0.256 e. The van der Waals surface area contributed by atoms with Gasteiger partial charge in [0.25, 0.3) is 5.91 Å². The molecule has 40 heavy (non-hydrogen) atoms. The summed E-state index contributed by atoms with van der Waals surface area (Å²) in [4.78, 5) is 28.6. The number of nitrogens with one attached hydrogen (secondary N) is 3. The van der Waals surface area contributed by atoms with Crippen molar-refractivity contribution < 1.29 is 14.3 Å². The molecule has 1 aliphatic heterocycles. The van der Waals surface area contributed by atoms with Crippen LogP contribution in [0.3, 0.4) is 0 Å². The number of fused-ring (bicyclic) bond motifs is 1. The number of hydrogen-bond donors (Lipinski definition) is 4. The first-order chi connectivity index (χ1) is 19.1. The Morgan fingerprint density at radius 1 is 1.18 bits per heavy atom. The lowest BCUT2D eigenvalue weighted by Gasteiger charge is -2.41. The van der Waals surface area contributed by atoms with Crippen molar-refractivity contribution in [1.82, 2.24) is 25.2 Å². The number of nitrogens with zero attached hydrogens (tertiary/aromatic N) is 4. The molecule has 0 bridgehead atoms. The summed E-state index contributed by atoms with van der Waals surface area (Å²) in [6.45, 7) is 6.79. The SMILES string of the molecule is C=CCNC(=O)c1cnc(Nc2cc3c4c(c2)CN(C)CC4(F)CCC3)nc1Nc1ccc2c(n1)C(C)(O)CC2. The maximum Gasteiger partial charge on any atom is 0.256 e.